The monoisotopic (exact) mass is 859 g/mol. The van der Waals surface area contributed by atoms with Gasteiger partial charge >= 0.3 is 13.8 Å². The molecular formula is C51H89NO7P+. The molecule has 0 saturated carbocycles. The molecule has 0 aliphatic rings. The fraction of sp³-hybridized carbons (Fsp3) is 0.667. The molecule has 0 rings (SSSR count). The number of hydrogen-bond acceptors (Lipinski definition) is 6. The second-order valence-corrected chi connectivity index (χ2v) is 17.9. The molecule has 0 aromatic heterocycles. The van der Waals surface area contributed by atoms with Crippen LogP contribution >= 0.6 is 7.82 Å². The number of phosphoric acid groups is 1. The molecule has 9 heteroatoms. The van der Waals surface area contributed by atoms with Gasteiger partial charge in [-0.05, 0) is 96.3 Å². The van der Waals surface area contributed by atoms with E-state index in [4.69, 9.17) is 18.5 Å². The second-order valence-electron chi connectivity index (χ2n) is 16.4. The van der Waals surface area contributed by atoms with Crippen LogP contribution in [0.3, 0.4) is 0 Å². The summed E-state index contributed by atoms with van der Waals surface area (Å²) in [6.45, 7) is 5.36. The number of carbonyl (C=O) groups excluding carboxylic acids is 1. The van der Waals surface area contributed by atoms with E-state index in [0.29, 0.717) is 24.1 Å². The lowest BCUT2D eigenvalue weighted by Gasteiger charge is -2.24. The van der Waals surface area contributed by atoms with Crippen molar-refractivity contribution in [2.24, 2.45) is 0 Å². The zero-order valence-corrected chi connectivity index (χ0v) is 39.8. The van der Waals surface area contributed by atoms with E-state index in [1.54, 1.807) is 0 Å². The molecular weight excluding hydrogens is 770 g/mol. The van der Waals surface area contributed by atoms with Crippen LogP contribution in [-0.2, 0) is 27.9 Å². The van der Waals surface area contributed by atoms with Crippen LogP contribution in [0.5, 0.6) is 0 Å². The number of ether oxygens (including phenoxy) is 2. The quantitative estimate of drug-likeness (QED) is 0.0215. The Bertz CT molecular complexity index is 1270. The lowest BCUT2D eigenvalue weighted by atomic mass is 10.1. The average Bonchev–Trinajstić information content (AvgIpc) is 3.20. The third-order valence-electron chi connectivity index (χ3n) is 9.38. The van der Waals surface area contributed by atoms with E-state index in [0.717, 1.165) is 109 Å². The number of esters is 1. The van der Waals surface area contributed by atoms with Crippen LogP contribution < -0.4 is 0 Å². The standard InChI is InChI=1S/C51H88NO7P/c1-6-8-10-12-14-16-18-20-22-24-25-26-27-28-29-31-33-35-37-39-41-43-46-56-48-50(49-58-60(54,55)57-47-45-52(3,4)5)59-51(53)44-42-40-38-36-34-32-30-23-21-19-17-15-13-11-9-7-2/h8,10,14,16-17,19-20,22-23,25-26,28-30,33,35,50H,6-7,9,11-13,15,18,21,24,27,31-32,34,36-49H2,1-5H3/p+1/b10-8-,16-14-,19-17-,22-20-,26-25-,29-28-,30-23-,35-33-. The Morgan fingerprint density at radius 3 is 1.45 bits per heavy atom. The molecule has 0 radical (unpaired) electrons. The second kappa shape index (κ2) is 43.1. The fourth-order valence-corrected chi connectivity index (χ4v) is 6.50. The molecule has 0 bridgehead atoms. The highest BCUT2D eigenvalue weighted by molar-refractivity contribution is 7.47. The highest BCUT2D eigenvalue weighted by Crippen LogP contribution is 2.43. The molecule has 2 atom stereocenters. The molecule has 0 aromatic carbocycles. The molecule has 344 valence electrons. The molecule has 0 spiro atoms. The maximum Gasteiger partial charge on any atom is 0.472 e. The minimum atomic E-state index is -4.30. The van der Waals surface area contributed by atoms with E-state index in [9.17, 15) is 14.3 Å². The molecule has 0 heterocycles. The van der Waals surface area contributed by atoms with Crippen LogP contribution in [0, 0.1) is 0 Å². The summed E-state index contributed by atoms with van der Waals surface area (Å²) < 4.78 is 35.0. The number of likely N-dealkylation sites (N-methyl/N-ethyl adjacent to an activating group) is 1. The number of allylic oxidation sites excluding steroid dienone is 16. The molecule has 0 saturated heterocycles. The van der Waals surface area contributed by atoms with Gasteiger partial charge in [0.1, 0.15) is 19.3 Å². The molecule has 0 aromatic rings. The van der Waals surface area contributed by atoms with Crippen molar-refractivity contribution in [2.75, 3.05) is 54.1 Å². The summed E-state index contributed by atoms with van der Waals surface area (Å²) in [5, 5.41) is 0. The zero-order valence-electron chi connectivity index (χ0n) is 38.9. The Balaban J connectivity index is 4.33. The number of unbranched alkanes of at least 4 members (excludes halogenated alkanes) is 12. The largest absolute Gasteiger partial charge is 0.472 e. The number of hydrogen-bond donors (Lipinski definition) is 1. The van der Waals surface area contributed by atoms with Gasteiger partial charge in [0.05, 0.1) is 34.4 Å². The molecule has 8 nitrogen and oxygen atoms in total. The van der Waals surface area contributed by atoms with E-state index in [1.165, 1.54) is 32.1 Å². The van der Waals surface area contributed by atoms with Gasteiger partial charge in [-0.3, -0.25) is 13.8 Å². The lowest BCUT2D eigenvalue weighted by molar-refractivity contribution is -0.870. The number of carbonyl (C=O) groups is 1. The molecule has 0 amide bonds. The molecule has 1 N–H and O–H groups in total. The Labute approximate surface area is 368 Å². The van der Waals surface area contributed by atoms with Crippen LogP contribution in [0.4, 0.5) is 0 Å². The van der Waals surface area contributed by atoms with Crippen molar-refractivity contribution >= 4 is 13.8 Å². The normalized spacial score (nSPS) is 14.6. The predicted octanol–water partition coefficient (Wildman–Crippen LogP) is 14.2. The van der Waals surface area contributed by atoms with Crippen molar-refractivity contribution in [3.8, 4) is 0 Å². The van der Waals surface area contributed by atoms with Crippen molar-refractivity contribution in [1.82, 2.24) is 0 Å². The van der Waals surface area contributed by atoms with Gasteiger partial charge in [0.25, 0.3) is 0 Å². The summed E-state index contributed by atoms with van der Waals surface area (Å²) in [7, 11) is 1.62. The van der Waals surface area contributed by atoms with Crippen molar-refractivity contribution in [2.45, 2.75) is 168 Å². The van der Waals surface area contributed by atoms with Crippen LogP contribution in [0.2, 0.25) is 0 Å². The summed E-state index contributed by atoms with van der Waals surface area (Å²) in [5.74, 6) is -0.344. The molecule has 2 unspecified atom stereocenters. The number of nitrogens with zero attached hydrogens (tertiary/aromatic N) is 1. The lowest BCUT2D eigenvalue weighted by Crippen LogP contribution is -2.37. The first-order valence-electron chi connectivity index (χ1n) is 23.5. The van der Waals surface area contributed by atoms with Gasteiger partial charge in [-0.2, -0.15) is 0 Å². The SMILES string of the molecule is CC/C=C\C/C=C\C/C=C\C/C=C\C/C=C\C/C=C\CCCCCOCC(COP(=O)(O)OCC[N+](C)(C)C)OC(=O)CCCCCCC/C=C\C/C=C\CCCCCC. The van der Waals surface area contributed by atoms with Gasteiger partial charge in [-0.25, -0.2) is 4.57 Å². The third-order valence-corrected chi connectivity index (χ3v) is 10.4. The van der Waals surface area contributed by atoms with Gasteiger partial charge in [-0.15, -0.1) is 0 Å². The first-order chi connectivity index (χ1) is 29.1. The zero-order chi connectivity index (χ0) is 44.1. The van der Waals surface area contributed by atoms with E-state index in [1.807, 2.05) is 21.1 Å². The van der Waals surface area contributed by atoms with E-state index in [2.05, 4.69) is 111 Å². The smallest absolute Gasteiger partial charge is 0.457 e. The minimum absolute atomic E-state index is 0.0731. The molecule has 0 fully saturated rings. The fourth-order valence-electron chi connectivity index (χ4n) is 5.76. The first kappa shape index (κ1) is 57.4. The maximum absolute atomic E-state index is 12.7. The van der Waals surface area contributed by atoms with Crippen molar-refractivity contribution < 1.29 is 37.3 Å². The Hall–Kier alpha value is -2.58. The van der Waals surface area contributed by atoms with Gasteiger partial charge in [-0.1, -0.05) is 156 Å². The van der Waals surface area contributed by atoms with E-state index in [-0.39, 0.29) is 25.8 Å². The Kier molecular flexibility index (Phi) is 41.2. The molecule has 60 heavy (non-hydrogen) atoms. The summed E-state index contributed by atoms with van der Waals surface area (Å²) in [4.78, 5) is 22.9. The molecule has 0 aliphatic carbocycles. The Morgan fingerprint density at radius 2 is 0.967 bits per heavy atom. The number of quaternary nitrogens is 1. The van der Waals surface area contributed by atoms with Crippen LogP contribution in [-0.4, -0.2) is 75.6 Å². The Morgan fingerprint density at radius 1 is 0.533 bits per heavy atom. The van der Waals surface area contributed by atoms with Gasteiger partial charge in [0.15, 0.2) is 0 Å². The van der Waals surface area contributed by atoms with E-state index < -0.39 is 13.9 Å². The summed E-state index contributed by atoms with van der Waals surface area (Å²) in [6, 6.07) is 0. The summed E-state index contributed by atoms with van der Waals surface area (Å²) in [6.07, 6.45) is 58.8. The number of rotatable bonds is 42. The average molecular weight is 859 g/mol. The van der Waals surface area contributed by atoms with Crippen molar-refractivity contribution in [3.05, 3.63) is 97.2 Å². The first-order valence-corrected chi connectivity index (χ1v) is 25.0. The van der Waals surface area contributed by atoms with Gasteiger partial charge in [0, 0.05) is 13.0 Å². The van der Waals surface area contributed by atoms with Gasteiger partial charge in [0.2, 0.25) is 0 Å². The van der Waals surface area contributed by atoms with Crippen LogP contribution in [0.15, 0.2) is 97.2 Å². The molecule has 0 aliphatic heterocycles. The summed E-state index contributed by atoms with van der Waals surface area (Å²) in [5.41, 5.74) is 0. The van der Waals surface area contributed by atoms with Crippen molar-refractivity contribution in [3.63, 3.8) is 0 Å². The number of phosphoric ester groups is 1. The highest BCUT2D eigenvalue weighted by Gasteiger charge is 2.26. The van der Waals surface area contributed by atoms with Gasteiger partial charge < -0.3 is 18.9 Å². The minimum Gasteiger partial charge on any atom is -0.457 e. The van der Waals surface area contributed by atoms with Crippen LogP contribution in [0.25, 0.3) is 0 Å². The summed E-state index contributed by atoms with van der Waals surface area (Å²) >= 11 is 0. The van der Waals surface area contributed by atoms with Crippen molar-refractivity contribution in [1.29, 1.82) is 0 Å². The van der Waals surface area contributed by atoms with E-state index >= 15 is 0 Å². The maximum atomic E-state index is 12.7. The third kappa shape index (κ3) is 46.5. The topological polar surface area (TPSA) is 91.3 Å². The predicted molar refractivity (Wildman–Crippen MR) is 256 cm³/mol. The highest BCUT2D eigenvalue weighted by atomic mass is 31.2. The van der Waals surface area contributed by atoms with Crippen LogP contribution in [0.1, 0.15) is 162 Å².